The number of hydrogen-bond acceptors (Lipinski definition) is 3. The molecule has 0 aliphatic heterocycles. The zero-order valence-corrected chi connectivity index (χ0v) is 14.0. The number of halogens is 1. The fraction of sp³-hybridized carbons (Fsp3) is 0.353. The lowest BCUT2D eigenvalue weighted by atomic mass is 10.3. The molecule has 0 radical (unpaired) electrons. The van der Waals surface area contributed by atoms with E-state index in [9.17, 15) is 4.39 Å². The quantitative estimate of drug-likeness (QED) is 0.443. The van der Waals surface area contributed by atoms with Crippen LogP contribution in [0, 0.1) is 5.82 Å². The molecule has 4 nitrogen and oxygen atoms in total. The molecule has 0 aliphatic carbocycles. The van der Waals surface area contributed by atoms with Crippen molar-refractivity contribution >= 4 is 17.3 Å². The fourth-order valence-electron chi connectivity index (χ4n) is 1.97. The summed E-state index contributed by atoms with van der Waals surface area (Å²) < 4.78 is 18.5. The van der Waals surface area contributed by atoms with Crippen LogP contribution in [0.15, 0.2) is 46.8 Å². The molecular formula is C17H22FN3OS. The first-order valence-corrected chi connectivity index (χ1v) is 8.59. The predicted molar refractivity (Wildman–Crippen MR) is 93.9 cm³/mol. The van der Waals surface area contributed by atoms with Gasteiger partial charge in [0.1, 0.15) is 18.2 Å². The Kier molecular flexibility index (Phi) is 7.39. The van der Waals surface area contributed by atoms with Crippen LogP contribution in [0.1, 0.15) is 11.8 Å². The molecule has 0 amide bonds. The summed E-state index contributed by atoms with van der Waals surface area (Å²) in [5.74, 6) is 1.01. The van der Waals surface area contributed by atoms with Gasteiger partial charge >= 0.3 is 0 Å². The molecule has 0 spiro atoms. The molecule has 0 bridgehead atoms. The molecule has 0 unspecified atom stereocenters. The molecular weight excluding hydrogens is 313 g/mol. The maximum Gasteiger partial charge on any atom is 0.191 e. The van der Waals surface area contributed by atoms with Gasteiger partial charge in [-0.15, -0.1) is 11.3 Å². The number of nitrogens with zero attached hydrogens (tertiary/aromatic N) is 1. The summed E-state index contributed by atoms with van der Waals surface area (Å²) in [6.07, 6.45) is 0.939. The standard InChI is InChI=1S/C17H22FN3OS/c1-2-19-17(20-9-8-16-7-4-12-23-16)21-10-11-22-15-6-3-5-14(18)13-15/h3-7,12-13H,2,8-11H2,1H3,(H2,19,20,21). The number of guanidine groups is 1. The maximum atomic E-state index is 13.0. The van der Waals surface area contributed by atoms with E-state index >= 15 is 0 Å². The van der Waals surface area contributed by atoms with E-state index in [1.807, 2.05) is 6.92 Å². The van der Waals surface area contributed by atoms with Crippen molar-refractivity contribution < 1.29 is 9.13 Å². The average Bonchev–Trinajstić information content (AvgIpc) is 3.05. The van der Waals surface area contributed by atoms with E-state index in [4.69, 9.17) is 4.74 Å². The molecule has 0 aliphatic rings. The topological polar surface area (TPSA) is 45.7 Å². The van der Waals surface area contributed by atoms with Crippen molar-refractivity contribution in [3.63, 3.8) is 0 Å². The minimum absolute atomic E-state index is 0.293. The third kappa shape index (κ3) is 6.69. The van der Waals surface area contributed by atoms with Crippen molar-refractivity contribution in [1.29, 1.82) is 0 Å². The number of aliphatic imine (C=N–C) groups is 1. The average molecular weight is 335 g/mol. The summed E-state index contributed by atoms with van der Waals surface area (Å²) in [6.45, 7) is 4.61. The van der Waals surface area contributed by atoms with E-state index in [1.165, 1.54) is 17.0 Å². The third-order valence-corrected chi connectivity index (χ3v) is 3.95. The fourth-order valence-corrected chi connectivity index (χ4v) is 2.67. The summed E-state index contributed by atoms with van der Waals surface area (Å²) in [5.41, 5.74) is 0. The summed E-state index contributed by atoms with van der Waals surface area (Å²) >= 11 is 1.75. The van der Waals surface area contributed by atoms with E-state index < -0.39 is 0 Å². The molecule has 0 saturated carbocycles. The molecule has 1 aromatic heterocycles. The largest absolute Gasteiger partial charge is 0.492 e. The number of thiophene rings is 1. The molecule has 124 valence electrons. The van der Waals surface area contributed by atoms with Gasteiger partial charge in [-0.3, -0.25) is 4.99 Å². The van der Waals surface area contributed by atoms with Crippen molar-refractivity contribution in [3.8, 4) is 5.75 Å². The summed E-state index contributed by atoms with van der Waals surface area (Å²) in [4.78, 5) is 5.86. The molecule has 6 heteroatoms. The van der Waals surface area contributed by atoms with Gasteiger partial charge in [-0.2, -0.15) is 0 Å². The number of ether oxygens (including phenoxy) is 1. The predicted octanol–water partition coefficient (Wildman–Crippen LogP) is 3.06. The van der Waals surface area contributed by atoms with Crippen LogP contribution in [-0.4, -0.2) is 32.2 Å². The molecule has 23 heavy (non-hydrogen) atoms. The summed E-state index contributed by atoms with van der Waals surface area (Å²) in [7, 11) is 0. The van der Waals surface area contributed by atoms with E-state index in [0.29, 0.717) is 18.9 Å². The summed E-state index contributed by atoms with van der Waals surface area (Å²) in [5, 5.41) is 8.48. The van der Waals surface area contributed by atoms with Crippen LogP contribution in [0.25, 0.3) is 0 Å². The van der Waals surface area contributed by atoms with Gasteiger partial charge in [0.25, 0.3) is 0 Å². The van der Waals surface area contributed by atoms with Crippen LogP contribution in [0.2, 0.25) is 0 Å². The van der Waals surface area contributed by atoms with Gasteiger partial charge < -0.3 is 15.4 Å². The van der Waals surface area contributed by atoms with E-state index in [1.54, 1.807) is 23.5 Å². The highest BCUT2D eigenvalue weighted by molar-refractivity contribution is 7.09. The highest BCUT2D eigenvalue weighted by Gasteiger charge is 1.99. The van der Waals surface area contributed by atoms with E-state index in [-0.39, 0.29) is 5.82 Å². The molecule has 1 heterocycles. The Morgan fingerprint density at radius 1 is 1.26 bits per heavy atom. The Labute approximate surface area is 140 Å². The van der Waals surface area contributed by atoms with Gasteiger partial charge in [0.05, 0.1) is 6.54 Å². The van der Waals surface area contributed by atoms with Crippen molar-refractivity contribution in [1.82, 2.24) is 10.6 Å². The monoisotopic (exact) mass is 335 g/mol. The van der Waals surface area contributed by atoms with Crippen LogP contribution in [0.3, 0.4) is 0 Å². The molecule has 2 rings (SSSR count). The van der Waals surface area contributed by atoms with Gasteiger partial charge in [0, 0.05) is 30.5 Å². The normalized spacial score (nSPS) is 11.3. The van der Waals surface area contributed by atoms with Crippen LogP contribution in [-0.2, 0) is 6.42 Å². The molecule has 0 saturated heterocycles. The highest BCUT2D eigenvalue weighted by atomic mass is 32.1. The van der Waals surface area contributed by atoms with E-state index in [0.717, 1.165) is 25.5 Å². The molecule has 1 aromatic carbocycles. The van der Waals surface area contributed by atoms with Crippen molar-refractivity contribution in [2.75, 3.05) is 26.2 Å². The van der Waals surface area contributed by atoms with Gasteiger partial charge in [0.2, 0.25) is 0 Å². The number of rotatable bonds is 8. The van der Waals surface area contributed by atoms with Gasteiger partial charge in [-0.1, -0.05) is 12.1 Å². The zero-order valence-electron chi connectivity index (χ0n) is 13.2. The Balaban J connectivity index is 1.71. The maximum absolute atomic E-state index is 13.0. The first-order valence-electron chi connectivity index (χ1n) is 7.71. The lowest BCUT2D eigenvalue weighted by molar-refractivity contribution is 0.320. The van der Waals surface area contributed by atoms with Crippen molar-refractivity contribution in [2.45, 2.75) is 13.3 Å². The Hall–Kier alpha value is -2.08. The SMILES string of the molecule is CCNC(=NCCc1cccs1)NCCOc1cccc(F)c1. The second-order valence-corrected chi connectivity index (χ2v) is 5.85. The third-order valence-electron chi connectivity index (χ3n) is 3.01. The number of benzene rings is 1. The minimum Gasteiger partial charge on any atom is -0.492 e. The van der Waals surface area contributed by atoms with Gasteiger partial charge in [-0.05, 0) is 30.5 Å². The molecule has 0 fully saturated rings. The Morgan fingerprint density at radius 2 is 2.17 bits per heavy atom. The second kappa shape index (κ2) is 9.84. The van der Waals surface area contributed by atoms with Crippen LogP contribution >= 0.6 is 11.3 Å². The van der Waals surface area contributed by atoms with Crippen LogP contribution in [0.5, 0.6) is 5.75 Å². The number of hydrogen-bond donors (Lipinski definition) is 2. The van der Waals surface area contributed by atoms with Gasteiger partial charge in [0.15, 0.2) is 5.96 Å². The molecule has 0 atom stereocenters. The Morgan fingerprint density at radius 3 is 2.91 bits per heavy atom. The van der Waals surface area contributed by atoms with Crippen molar-refractivity contribution in [3.05, 3.63) is 52.5 Å². The lowest BCUT2D eigenvalue weighted by Crippen LogP contribution is -2.39. The summed E-state index contributed by atoms with van der Waals surface area (Å²) in [6, 6.07) is 10.3. The smallest absolute Gasteiger partial charge is 0.191 e. The number of nitrogens with one attached hydrogen (secondary N) is 2. The highest BCUT2D eigenvalue weighted by Crippen LogP contribution is 2.11. The minimum atomic E-state index is -0.293. The van der Waals surface area contributed by atoms with Crippen LogP contribution in [0.4, 0.5) is 4.39 Å². The molecule has 2 aromatic rings. The first-order chi connectivity index (χ1) is 11.3. The lowest BCUT2D eigenvalue weighted by Gasteiger charge is -2.12. The second-order valence-electron chi connectivity index (χ2n) is 4.82. The zero-order chi connectivity index (χ0) is 16.3. The molecule has 2 N–H and O–H groups in total. The van der Waals surface area contributed by atoms with Gasteiger partial charge in [-0.25, -0.2) is 4.39 Å². The van der Waals surface area contributed by atoms with E-state index in [2.05, 4.69) is 33.1 Å². The van der Waals surface area contributed by atoms with Crippen molar-refractivity contribution in [2.24, 2.45) is 4.99 Å². The Bertz CT molecular complexity index is 602. The van der Waals surface area contributed by atoms with Crippen LogP contribution < -0.4 is 15.4 Å². The first kappa shape index (κ1) is 17.3.